The second kappa shape index (κ2) is 10.5. The van der Waals surface area contributed by atoms with Crippen molar-refractivity contribution in [1.82, 2.24) is 29.4 Å². The lowest BCUT2D eigenvalue weighted by Gasteiger charge is -2.15. The summed E-state index contributed by atoms with van der Waals surface area (Å²) >= 11 is 0. The van der Waals surface area contributed by atoms with Crippen LogP contribution in [0.3, 0.4) is 0 Å². The Labute approximate surface area is 221 Å². The van der Waals surface area contributed by atoms with Gasteiger partial charge in [-0.2, -0.15) is 9.82 Å². The molecule has 0 bridgehead atoms. The molecule has 6 rings (SSSR count). The molecule has 1 saturated heterocycles. The Balaban J connectivity index is 1.45. The fourth-order valence-electron chi connectivity index (χ4n) is 5.13. The molecule has 1 unspecified atom stereocenters. The van der Waals surface area contributed by atoms with Crippen LogP contribution in [0, 0.1) is 6.92 Å². The third-order valence-electron chi connectivity index (χ3n) is 6.95. The van der Waals surface area contributed by atoms with Crippen LogP contribution in [-0.2, 0) is 28.7 Å². The molecular formula is C27H29N7O3S. The Bertz CT molecular complexity index is 1660. The van der Waals surface area contributed by atoms with Gasteiger partial charge in [0.1, 0.15) is 5.52 Å². The summed E-state index contributed by atoms with van der Waals surface area (Å²) in [5.74, 6) is 1.59. The van der Waals surface area contributed by atoms with E-state index in [-0.39, 0.29) is 5.92 Å². The number of rotatable bonds is 9. The largest absolute Gasteiger partial charge is 0.381 e. The van der Waals surface area contributed by atoms with Gasteiger partial charge in [-0.3, -0.25) is 4.57 Å². The molecule has 3 aromatic heterocycles. The summed E-state index contributed by atoms with van der Waals surface area (Å²) in [6.07, 6.45) is 0.961. The molecule has 0 radical (unpaired) electrons. The molecule has 38 heavy (non-hydrogen) atoms. The number of aryl methyl sites for hydroxylation is 1. The molecule has 1 atom stereocenters. The number of hydrazine groups is 1. The number of ether oxygens (including phenoxy) is 1. The van der Waals surface area contributed by atoms with Crippen molar-refractivity contribution in [2.75, 3.05) is 18.5 Å². The van der Waals surface area contributed by atoms with E-state index in [0.717, 1.165) is 57.8 Å². The third-order valence-corrected chi connectivity index (χ3v) is 7.29. The van der Waals surface area contributed by atoms with E-state index >= 15 is 0 Å². The normalized spacial score (nSPS) is 15.7. The molecule has 1 aliphatic heterocycles. The molecule has 0 spiro atoms. The van der Waals surface area contributed by atoms with Gasteiger partial charge in [-0.25, -0.2) is 18.4 Å². The Morgan fingerprint density at radius 1 is 1.03 bits per heavy atom. The van der Waals surface area contributed by atoms with Crippen molar-refractivity contribution in [2.45, 2.75) is 32.4 Å². The van der Waals surface area contributed by atoms with Crippen molar-refractivity contribution < 1.29 is 13.2 Å². The third kappa shape index (κ3) is 4.76. The molecule has 196 valence electrons. The van der Waals surface area contributed by atoms with E-state index < -0.39 is 10.9 Å². The predicted octanol–water partition coefficient (Wildman–Crippen LogP) is 3.22. The standard InChI is InChI=1S/C27H29N7O3S/c1-18-14-22-20(16-29-32-38(35)36)8-5-9-24(22)33(18)27-30-26(28-15-19-6-3-2-4-7-19)25-11-10-23(34(25)31-27)21-12-13-37-17-21/h2-11,14,21,29,38H,12-13,15-17H2,1H3,(H,28,30,31)(H,32,35,36). The maximum atomic E-state index is 10.9. The zero-order valence-corrected chi connectivity index (χ0v) is 21.8. The van der Waals surface area contributed by atoms with Crippen LogP contribution in [0.1, 0.15) is 34.9 Å². The van der Waals surface area contributed by atoms with Crippen molar-refractivity contribution in [1.29, 1.82) is 0 Å². The summed E-state index contributed by atoms with van der Waals surface area (Å²) in [5.41, 5.74) is 8.82. The van der Waals surface area contributed by atoms with Crippen LogP contribution in [-0.4, -0.2) is 40.8 Å². The quantitative estimate of drug-likeness (QED) is 0.171. The average Bonchev–Trinajstić information content (AvgIpc) is 3.66. The van der Waals surface area contributed by atoms with E-state index in [1.165, 1.54) is 0 Å². The van der Waals surface area contributed by atoms with Gasteiger partial charge in [-0.15, -0.1) is 5.10 Å². The molecular weight excluding hydrogens is 502 g/mol. The highest BCUT2D eigenvalue weighted by atomic mass is 32.2. The van der Waals surface area contributed by atoms with Crippen LogP contribution in [0.5, 0.6) is 0 Å². The molecule has 11 heteroatoms. The minimum Gasteiger partial charge on any atom is -0.381 e. The van der Waals surface area contributed by atoms with Crippen molar-refractivity contribution in [3.63, 3.8) is 0 Å². The van der Waals surface area contributed by atoms with Gasteiger partial charge >= 0.3 is 0 Å². The van der Waals surface area contributed by atoms with Gasteiger partial charge in [-0.1, -0.05) is 42.5 Å². The number of nitrogens with zero attached hydrogens (tertiary/aromatic N) is 4. The smallest absolute Gasteiger partial charge is 0.254 e. The van der Waals surface area contributed by atoms with Crippen molar-refractivity contribution >= 4 is 33.1 Å². The molecule has 0 aliphatic carbocycles. The van der Waals surface area contributed by atoms with Crippen molar-refractivity contribution in [3.8, 4) is 5.95 Å². The number of hydrogen-bond acceptors (Lipinski definition) is 7. The number of aromatic nitrogens is 4. The van der Waals surface area contributed by atoms with Gasteiger partial charge in [0.05, 0.1) is 12.1 Å². The number of nitrogens with one attached hydrogen (secondary N) is 3. The van der Waals surface area contributed by atoms with E-state index in [2.05, 4.69) is 45.9 Å². The van der Waals surface area contributed by atoms with Gasteiger partial charge < -0.3 is 10.1 Å². The maximum absolute atomic E-state index is 10.9. The lowest BCUT2D eigenvalue weighted by Crippen LogP contribution is -2.29. The Hall–Kier alpha value is -3.77. The van der Waals surface area contributed by atoms with E-state index in [9.17, 15) is 8.42 Å². The molecule has 5 aromatic rings. The fourth-order valence-corrected chi connectivity index (χ4v) is 5.34. The zero-order valence-electron chi connectivity index (χ0n) is 20.9. The van der Waals surface area contributed by atoms with Gasteiger partial charge in [0.15, 0.2) is 5.82 Å². The van der Waals surface area contributed by atoms with Gasteiger partial charge in [-0.05, 0) is 48.7 Å². The highest BCUT2D eigenvalue weighted by Crippen LogP contribution is 2.31. The number of hydrogen-bond donors (Lipinski definition) is 4. The average molecular weight is 532 g/mol. The molecule has 1 aliphatic rings. The molecule has 0 saturated carbocycles. The van der Waals surface area contributed by atoms with E-state index in [1.54, 1.807) is 0 Å². The highest BCUT2D eigenvalue weighted by molar-refractivity contribution is 7.70. The number of thiol groups is 1. The highest BCUT2D eigenvalue weighted by Gasteiger charge is 2.24. The maximum Gasteiger partial charge on any atom is 0.254 e. The molecule has 2 aromatic carbocycles. The van der Waals surface area contributed by atoms with E-state index in [1.807, 2.05) is 52.4 Å². The van der Waals surface area contributed by atoms with Crippen LogP contribution < -0.4 is 15.6 Å². The second-order valence-electron chi connectivity index (χ2n) is 9.41. The molecule has 0 amide bonds. The van der Waals surface area contributed by atoms with Crippen LogP contribution >= 0.6 is 0 Å². The van der Waals surface area contributed by atoms with Gasteiger partial charge in [0.2, 0.25) is 10.9 Å². The topological polar surface area (TPSA) is 115 Å². The fraction of sp³-hybridized carbons (Fsp3) is 0.259. The summed E-state index contributed by atoms with van der Waals surface area (Å²) in [5, 5.41) is 9.56. The van der Waals surface area contributed by atoms with Gasteiger partial charge in [0.25, 0.3) is 5.95 Å². The first-order chi connectivity index (χ1) is 18.6. The Morgan fingerprint density at radius 3 is 2.68 bits per heavy atom. The minimum atomic E-state index is -2.73. The minimum absolute atomic E-state index is 0.280. The SMILES string of the molecule is Cc1cc2c(CNN[SH](=O)=O)cccc2n1-c1nc(NCc2ccccc2)c2ccc(C3CCOC3)n2n1. The lowest BCUT2D eigenvalue weighted by atomic mass is 10.1. The van der Waals surface area contributed by atoms with Crippen molar-refractivity contribution in [2.24, 2.45) is 0 Å². The second-order valence-corrected chi connectivity index (χ2v) is 10.1. The van der Waals surface area contributed by atoms with Crippen LogP contribution in [0.25, 0.3) is 22.4 Å². The first-order valence-corrected chi connectivity index (χ1v) is 13.7. The predicted molar refractivity (Wildman–Crippen MR) is 147 cm³/mol. The monoisotopic (exact) mass is 531 g/mol. The van der Waals surface area contributed by atoms with Crippen LogP contribution in [0.2, 0.25) is 0 Å². The van der Waals surface area contributed by atoms with Crippen molar-refractivity contribution in [3.05, 3.63) is 89.2 Å². The van der Waals surface area contributed by atoms with Crippen LogP contribution in [0.4, 0.5) is 5.82 Å². The Kier molecular flexibility index (Phi) is 6.81. The number of benzene rings is 2. The van der Waals surface area contributed by atoms with E-state index in [4.69, 9.17) is 14.8 Å². The lowest BCUT2D eigenvalue weighted by molar-refractivity contribution is 0.193. The zero-order chi connectivity index (χ0) is 26.1. The summed E-state index contributed by atoms with van der Waals surface area (Å²) in [6, 6.07) is 22.5. The summed E-state index contributed by atoms with van der Waals surface area (Å²) in [4.78, 5) is 7.25. The molecule has 10 nitrogen and oxygen atoms in total. The summed E-state index contributed by atoms with van der Waals surface area (Å²) in [7, 11) is -2.73. The number of anilines is 1. The number of fused-ring (bicyclic) bond motifs is 2. The Morgan fingerprint density at radius 2 is 1.89 bits per heavy atom. The molecule has 1 fully saturated rings. The van der Waals surface area contributed by atoms with Gasteiger partial charge in [0, 0.05) is 42.4 Å². The first kappa shape index (κ1) is 24.6. The summed E-state index contributed by atoms with van der Waals surface area (Å²) in [6.45, 7) is 4.44. The van der Waals surface area contributed by atoms with Crippen LogP contribution in [0.15, 0.2) is 66.7 Å². The summed E-state index contributed by atoms with van der Waals surface area (Å²) < 4.78 is 31.5. The molecule has 4 heterocycles. The molecule has 3 N–H and O–H groups in total. The first-order valence-electron chi connectivity index (χ1n) is 12.6. The van der Waals surface area contributed by atoms with E-state index in [0.29, 0.717) is 25.6 Å².